The van der Waals surface area contributed by atoms with Crippen LogP contribution in [-0.2, 0) is 17.8 Å². The van der Waals surface area contributed by atoms with Crippen LogP contribution in [0.15, 0.2) is 4.47 Å². The van der Waals surface area contributed by atoms with Gasteiger partial charge >= 0.3 is 0 Å². The van der Waals surface area contributed by atoms with Crippen LogP contribution in [0.25, 0.3) is 0 Å². The van der Waals surface area contributed by atoms with Crippen LogP contribution in [0.2, 0.25) is 0 Å². The Morgan fingerprint density at radius 2 is 2.11 bits per heavy atom. The van der Waals surface area contributed by atoms with Crippen LogP contribution in [0.3, 0.4) is 0 Å². The minimum Gasteiger partial charge on any atom is -0.383 e. The molecule has 0 saturated carbocycles. The first-order valence-corrected chi connectivity index (χ1v) is 7.29. The summed E-state index contributed by atoms with van der Waals surface area (Å²) < 4.78 is 8.44. The third-order valence-corrected chi connectivity index (χ3v) is 4.27. The van der Waals surface area contributed by atoms with Gasteiger partial charge in [0.15, 0.2) is 0 Å². The monoisotopic (exact) mass is 317 g/mol. The number of aryl methyl sites for hydroxylation is 2. The van der Waals surface area contributed by atoms with Crippen molar-refractivity contribution in [3.05, 3.63) is 15.9 Å². The summed E-state index contributed by atoms with van der Waals surface area (Å²) in [6, 6.07) is 0.410. The Kier molecular flexibility index (Phi) is 6.32. The lowest BCUT2D eigenvalue weighted by Gasteiger charge is -2.27. The van der Waals surface area contributed by atoms with E-state index in [1.165, 1.54) is 5.69 Å². The second-order valence-electron chi connectivity index (χ2n) is 4.53. The molecule has 18 heavy (non-hydrogen) atoms. The largest absolute Gasteiger partial charge is 0.383 e. The molecule has 0 N–H and O–H groups in total. The molecule has 0 amide bonds. The SMILES string of the molecule is CCN(Cc1c(Br)c(C)nn1CC)C(C)COC. The summed E-state index contributed by atoms with van der Waals surface area (Å²) in [5.74, 6) is 0. The summed E-state index contributed by atoms with van der Waals surface area (Å²) in [6.07, 6.45) is 0. The molecular formula is C13H24BrN3O. The van der Waals surface area contributed by atoms with E-state index in [2.05, 4.69) is 51.4 Å². The van der Waals surface area contributed by atoms with Crippen molar-refractivity contribution >= 4 is 15.9 Å². The molecule has 0 radical (unpaired) electrons. The molecule has 1 aromatic heterocycles. The van der Waals surface area contributed by atoms with Gasteiger partial charge in [0.1, 0.15) is 0 Å². The Bertz CT molecular complexity index is 379. The lowest BCUT2D eigenvalue weighted by atomic mass is 10.2. The van der Waals surface area contributed by atoms with Crippen molar-refractivity contribution in [2.45, 2.75) is 46.8 Å². The highest BCUT2D eigenvalue weighted by Crippen LogP contribution is 2.23. The number of hydrogen-bond acceptors (Lipinski definition) is 3. The van der Waals surface area contributed by atoms with Crippen molar-refractivity contribution in [3.63, 3.8) is 0 Å². The Morgan fingerprint density at radius 1 is 1.44 bits per heavy atom. The number of aromatic nitrogens is 2. The van der Waals surface area contributed by atoms with Gasteiger partial charge in [-0.05, 0) is 43.2 Å². The van der Waals surface area contributed by atoms with Gasteiger partial charge < -0.3 is 4.74 Å². The van der Waals surface area contributed by atoms with Crippen LogP contribution < -0.4 is 0 Å². The third-order valence-electron chi connectivity index (χ3n) is 3.24. The fraction of sp³-hybridized carbons (Fsp3) is 0.769. The maximum Gasteiger partial charge on any atom is 0.0739 e. The number of ether oxygens (including phenoxy) is 1. The summed E-state index contributed by atoms with van der Waals surface area (Å²) in [7, 11) is 1.75. The van der Waals surface area contributed by atoms with Crippen molar-refractivity contribution < 1.29 is 4.74 Å². The molecule has 0 fully saturated rings. The standard InChI is InChI=1S/C13H24BrN3O/c1-6-16(10(3)9-18-5)8-12-13(14)11(4)15-17(12)7-2/h10H,6-9H2,1-5H3. The molecule has 1 unspecified atom stereocenters. The van der Waals surface area contributed by atoms with Gasteiger partial charge in [-0.3, -0.25) is 9.58 Å². The highest BCUT2D eigenvalue weighted by atomic mass is 79.9. The van der Waals surface area contributed by atoms with Gasteiger partial charge in [-0.25, -0.2) is 0 Å². The molecule has 0 aliphatic rings. The number of hydrogen-bond donors (Lipinski definition) is 0. The molecule has 1 heterocycles. The van der Waals surface area contributed by atoms with Crippen molar-refractivity contribution in [2.24, 2.45) is 0 Å². The van der Waals surface area contributed by atoms with E-state index >= 15 is 0 Å². The lowest BCUT2D eigenvalue weighted by molar-refractivity contribution is 0.0963. The highest BCUT2D eigenvalue weighted by Gasteiger charge is 2.18. The van der Waals surface area contributed by atoms with Crippen LogP contribution in [0, 0.1) is 6.92 Å². The number of halogens is 1. The molecule has 1 aromatic rings. The topological polar surface area (TPSA) is 30.3 Å². The van der Waals surface area contributed by atoms with Gasteiger partial charge in [-0.15, -0.1) is 0 Å². The van der Waals surface area contributed by atoms with E-state index in [-0.39, 0.29) is 0 Å². The molecule has 1 rings (SSSR count). The van der Waals surface area contributed by atoms with Gasteiger partial charge in [-0.1, -0.05) is 6.92 Å². The van der Waals surface area contributed by atoms with Crippen LogP contribution in [0.4, 0.5) is 0 Å². The zero-order chi connectivity index (χ0) is 13.7. The van der Waals surface area contributed by atoms with Gasteiger partial charge in [0.25, 0.3) is 0 Å². The molecule has 0 aliphatic carbocycles. The average Bonchev–Trinajstić information content (AvgIpc) is 2.62. The minimum atomic E-state index is 0.410. The highest BCUT2D eigenvalue weighted by molar-refractivity contribution is 9.10. The predicted molar refractivity (Wildman–Crippen MR) is 77.8 cm³/mol. The summed E-state index contributed by atoms with van der Waals surface area (Å²) in [5, 5.41) is 4.53. The molecule has 0 spiro atoms. The molecule has 1 atom stereocenters. The molecular weight excluding hydrogens is 294 g/mol. The Balaban J connectivity index is 2.87. The van der Waals surface area contributed by atoms with E-state index in [4.69, 9.17) is 4.74 Å². The van der Waals surface area contributed by atoms with E-state index in [1.807, 2.05) is 6.92 Å². The maximum atomic E-state index is 5.24. The van der Waals surface area contributed by atoms with Gasteiger partial charge in [-0.2, -0.15) is 5.10 Å². The summed E-state index contributed by atoms with van der Waals surface area (Å²) in [5.41, 5.74) is 2.31. The van der Waals surface area contributed by atoms with Gasteiger partial charge in [0.2, 0.25) is 0 Å². The van der Waals surface area contributed by atoms with E-state index < -0.39 is 0 Å². The predicted octanol–water partition coefficient (Wildman–Crippen LogP) is 2.83. The van der Waals surface area contributed by atoms with Crippen molar-refractivity contribution in [3.8, 4) is 0 Å². The van der Waals surface area contributed by atoms with Crippen molar-refractivity contribution in [2.75, 3.05) is 20.3 Å². The van der Waals surface area contributed by atoms with E-state index in [0.29, 0.717) is 6.04 Å². The van der Waals surface area contributed by atoms with E-state index in [9.17, 15) is 0 Å². The molecule has 4 nitrogen and oxygen atoms in total. The van der Waals surface area contributed by atoms with Gasteiger partial charge in [0, 0.05) is 26.2 Å². The maximum absolute atomic E-state index is 5.24. The normalized spacial score (nSPS) is 13.3. The summed E-state index contributed by atoms with van der Waals surface area (Å²) in [6.45, 7) is 12.1. The minimum absolute atomic E-state index is 0.410. The Labute approximate surface area is 118 Å². The molecule has 0 saturated heterocycles. The molecule has 0 aliphatic heterocycles. The smallest absolute Gasteiger partial charge is 0.0739 e. The van der Waals surface area contributed by atoms with E-state index in [0.717, 1.165) is 36.4 Å². The average molecular weight is 318 g/mol. The number of nitrogens with zero attached hydrogens (tertiary/aromatic N) is 3. The zero-order valence-corrected chi connectivity index (χ0v) is 13.6. The first-order chi connectivity index (χ1) is 8.54. The Morgan fingerprint density at radius 3 is 2.61 bits per heavy atom. The third kappa shape index (κ3) is 3.56. The van der Waals surface area contributed by atoms with Crippen LogP contribution >= 0.6 is 15.9 Å². The molecule has 104 valence electrons. The quantitative estimate of drug-likeness (QED) is 0.774. The molecule has 0 bridgehead atoms. The first-order valence-electron chi connectivity index (χ1n) is 6.49. The van der Waals surface area contributed by atoms with Crippen LogP contribution in [0.5, 0.6) is 0 Å². The van der Waals surface area contributed by atoms with Crippen molar-refractivity contribution in [1.82, 2.24) is 14.7 Å². The van der Waals surface area contributed by atoms with E-state index in [1.54, 1.807) is 7.11 Å². The molecule has 5 heteroatoms. The van der Waals surface area contributed by atoms with Gasteiger partial charge in [0.05, 0.1) is 22.5 Å². The van der Waals surface area contributed by atoms with Crippen molar-refractivity contribution in [1.29, 1.82) is 0 Å². The Hall–Kier alpha value is -0.390. The second kappa shape index (κ2) is 7.26. The van der Waals surface area contributed by atoms with Crippen LogP contribution in [-0.4, -0.2) is 41.0 Å². The van der Waals surface area contributed by atoms with Crippen LogP contribution in [0.1, 0.15) is 32.2 Å². The summed E-state index contributed by atoms with van der Waals surface area (Å²) >= 11 is 3.65. The lowest BCUT2D eigenvalue weighted by Crippen LogP contribution is -2.36. The fourth-order valence-corrected chi connectivity index (χ4v) is 2.55. The summed E-state index contributed by atoms with van der Waals surface area (Å²) in [4.78, 5) is 2.40. The fourth-order valence-electron chi connectivity index (χ4n) is 2.14. The first kappa shape index (κ1) is 15.7. The molecule has 0 aromatic carbocycles. The number of methoxy groups -OCH3 is 1. The second-order valence-corrected chi connectivity index (χ2v) is 5.32. The number of likely N-dealkylation sites (N-methyl/N-ethyl adjacent to an activating group) is 1. The zero-order valence-electron chi connectivity index (χ0n) is 12.0. The number of rotatable bonds is 7.